The Labute approximate surface area is 165 Å². The molecule has 1 amide bonds. The molecule has 0 radical (unpaired) electrons. The van der Waals surface area contributed by atoms with E-state index in [2.05, 4.69) is 51.3 Å². The molecule has 4 heteroatoms. The van der Waals surface area contributed by atoms with Gasteiger partial charge in [0.25, 0.3) is 0 Å². The van der Waals surface area contributed by atoms with Crippen LogP contribution in [0.3, 0.4) is 0 Å². The zero-order valence-electron chi connectivity index (χ0n) is 15.9. The lowest BCUT2D eigenvalue weighted by molar-refractivity contribution is -0.136. The van der Waals surface area contributed by atoms with Crippen LogP contribution in [-0.4, -0.2) is 27.3 Å². The fraction of sp³-hybridized carbons (Fsp3) is 0.333. The first-order valence-corrected chi connectivity index (χ1v) is 10.3. The highest BCUT2D eigenvalue weighted by Gasteiger charge is 2.47. The zero-order chi connectivity index (χ0) is 18.9. The summed E-state index contributed by atoms with van der Waals surface area (Å²) in [6.45, 7) is 0.836. The van der Waals surface area contributed by atoms with Gasteiger partial charge in [-0.05, 0) is 42.7 Å². The molecule has 1 saturated carbocycles. The van der Waals surface area contributed by atoms with Crippen molar-refractivity contribution < 1.29 is 4.79 Å². The monoisotopic (exact) mass is 371 g/mol. The maximum atomic E-state index is 13.3. The summed E-state index contributed by atoms with van der Waals surface area (Å²) in [5, 5.41) is 0. The second kappa shape index (κ2) is 7.27. The second-order valence-corrected chi connectivity index (χ2v) is 7.95. The molecule has 2 aliphatic rings. The molecular weight excluding hydrogens is 346 g/mol. The van der Waals surface area contributed by atoms with Gasteiger partial charge in [0.15, 0.2) is 0 Å². The largest absolute Gasteiger partial charge is 0.340 e. The number of aromatic amines is 1. The summed E-state index contributed by atoms with van der Waals surface area (Å²) in [6, 6.07) is 20.7. The number of hydrogen-bond donors (Lipinski definition) is 1. The van der Waals surface area contributed by atoms with E-state index < -0.39 is 0 Å². The molecule has 1 aliphatic heterocycles. The Hall–Kier alpha value is -2.88. The Balaban J connectivity index is 1.35. The van der Waals surface area contributed by atoms with Gasteiger partial charge >= 0.3 is 0 Å². The van der Waals surface area contributed by atoms with Crippen LogP contribution in [0.4, 0.5) is 0 Å². The van der Waals surface area contributed by atoms with E-state index in [1.165, 1.54) is 5.56 Å². The summed E-state index contributed by atoms with van der Waals surface area (Å²) < 4.78 is 0. The average Bonchev–Trinajstić information content (AvgIpc) is 3.42. The Bertz CT molecular complexity index is 950. The number of carbonyl (C=O) groups is 1. The van der Waals surface area contributed by atoms with E-state index in [0.717, 1.165) is 49.3 Å². The number of amides is 1. The van der Waals surface area contributed by atoms with Gasteiger partial charge in [0, 0.05) is 12.5 Å². The molecule has 0 bridgehead atoms. The Morgan fingerprint density at radius 3 is 2.54 bits per heavy atom. The number of carbonyl (C=O) groups excluding carboxylic acids is 1. The van der Waals surface area contributed by atoms with E-state index in [9.17, 15) is 4.79 Å². The van der Waals surface area contributed by atoms with E-state index in [0.29, 0.717) is 11.8 Å². The van der Waals surface area contributed by atoms with Gasteiger partial charge in [-0.25, -0.2) is 4.98 Å². The van der Waals surface area contributed by atoms with Crippen LogP contribution in [0.25, 0.3) is 11.3 Å². The van der Waals surface area contributed by atoms with Crippen molar-refractivity contribution in [1.29, 1.82) is 0 Å². The van der Waals surface area contributed by atoms with Crippen LogP contribution in [-0.2, 0) is 4.79 Å². The lowest BCUT2D eigenvalue weighted by Crippen LogP contribution is -2.40. The third-order valence-corrected chi connectivity index (χ3v) is 6.12. The molecule has 3 atom stereocenters. The maximum absolute atomic E-state index is 13.3. The van der Waals surface area contributed by atoms with E-state index in [4.69, 9.17) is 0 Å². The van der Waals surface area contributed by atoms with Crippen LogP contribution < -0.4 is 0 Å². The van der Waals surface area contributed by atoms with Gasteiger partial charge < -0.3 is 9.88 Å². The number of imidazole rings is 1. The number of likely N-dealkylation sites (tertiary alicyclic amines) is 1. The molecule has 3 aromatic rings. The smallest absolute Gasteiger partial charge is 0.226 e. The first-order valence-electron chi connectivity index (χ1n) is 10.3. The Kier molecular flexibility index (Phi) is 4.47. The second-order valence-electron chi connectivity index (χ2n) is 7.95. The van der Waals surface area contributed by atoms with Gasteiger partial charge in [-0.1, -0.05) is 60.7 Å². The van der Waals surface area contributed by atoms with Crippen molar-refractivity contribution in [1.82, 2.24) is 14.9 Å². The van der Waals surface area contributed by atoms with E-state index in [-0.39, 0.29) is 12.0 Å². The van der Waals surface area contributed by atoms with Gasteiger partial charge in [0.1, 0.15) is 5.82 Å². The summed E-state index contributed by atoms with van der Waals surface area (Å²) in [4.78, 5) is 23.5. The minimum Gasteiger partial charge on any atom is -0.340 e. The topological polar surface area (TPSA) is 49.0 Å². The highest BCUT2D eigenvalue weighted by molar-refractivity contribution is 5.83. The number of aromatic nitrogens is 2. The van der Waals surface area contributed by atoms with Crippen molar-refractivity contribution in [3.05, 3.63) is 78.2 Å². The first kappa shape index (κ1) is 17.2. The van der Waals surface area contributed by atoms with Gasteiger partial charge in [-0.3, -0.25) is 4.79 Å². The molecule has 1 unspecified atom stereocenters. The Morgan fingerprint density at radius 1 is 1.00 bits per heavy atom. The molecule has 4 nitrogen and oxygen atoms in total. The maximum Gasteiger partial charge on any atom is 0.226 e. The SMILES string of the molecule is O=C([C@H]1C[C@@H]1c1ccccc1)N1CCCCC1c1ncc(-c2ccccc2)[nH]1. The predicted octanol–water partition coefficient (Wildman–Crippen LogP) is 4.93. The van der Waals surface area contributed by atoms with Gasteiger partial charge in [0.2, 0.25) is 5.91 Å². The highest BCUT2D eigenvalue weighted by Crippen LogP contribution is 2.49. The van der Waals surface area contributed by atoms with Crippen molar-refractivity contribution in [2.75, 3.05) is 6.54 Å². The molecule has 5 rings (SSSR count). The van der Waals surface area contributed by atoms with Crippen LogP contribution in [0, 0.1) is 5.92 Å². The van der Waals surface area contributed by atoms with Crippen molar-refractivity contribution in [2.24, 2.45) is 5.92 Å². The number of benzene rings is 2. The summed E-state index contributed by atoms with van der Waals surface area (Å²) in [7, 11) is 0. The van der Waals surface area contributed by atoms with Crippen LogP contribution in [0.5, 0.6) is 0 Å². The summed E-state index contributed by atoms with van der Waals surface area (Å²) in [6.07, 6.45) is 6.07. The van der Waals surface area contributed by atoms with Crippen molar-refractivity contribution in [3.8, 4) is 11.3 Å². The van der Waals surface area contributed by atoms with E-state index in [1.807, 2.05) is 30.5 Å². The summed E-state index contributed by atoms with van der Waals surface area (Å²) >= 11 is 0. The lowest BCUT2D eigenvalue weighted by Gasteiger charge is -2.35. The van der Waals surface area contributed by atoms with E-state index in [1.54, 1.807) is 0 Å². The minimum absolute atomic E-state index is 0.0655. The fourth-order valence-corrected chi connectivity index (χ4v) is 4.50. The number of nitrogens with zero attached hydrogens (tertiary/aromatic N) is 2. The van der Waals surface area contributed by atoms with Crippen LogP contribution >= 0.6 is 0 Å². The van der Waals surface area contributed by atoms with Crippen LogP contribution in [0.2, 0.25) is 0 Å². The number of H-pyrrole nitrogens is 1. The van der Waals surface area contributed by atoms with Crippen LogP contribution in [0.15, 0.2) is 66.9 Å². The van der Waals surface area contributed by atoms with Gasteiger partial charge in [-0.2, -0.15) is 0 Å². The number of rotatable bonds is 4. The van der Waals surface area contributed by atoms with E-state index >= 15 is 0 Å². The third kappa shape index (κ3) is 3.24. The highest BCUT2D eigenvalue weighted by atomic mass is 16.2. The molecular formula is C24H25N3O. The van der Waals surface area contributed by atoms with Crippen LogP contribution in [0.1, 0.15) is 49.0 Å². The molecule has 1 N–H and O–H groups in total. The molecule has 2 heterocycles. The molecule has 1 aliphatic carbocycles. The normalized spacial score (nSPS) is 24.1. The average molecular weight is 371 g/mol. The quantitative estimate of drug-likeness (QED) is 0.707. The number of hydrogen-bond acceptors (Lipinski definition) is 2. The number of piperidine rings is 1. The van der Waals surface area contributed by atoms with Crippen molar-refractivity contribution >= 4 is 5.91 Å². The van der Waals surface area contributed by atoms with Gasteiger partial charge in [0.05, 0.1) is 17.9 Å². The summed E-state index contributed by atoms with van der Waals surface area (Å²) in [5.74, 6) is 1.74. The molecule has 142 valence electrons. The standard InChI is InChI=1S/C24H25N3O/c28-24(20-15-19(20)17-9-3-1-4-10-17)27-14-8-7-13-22(27)23-25-16-21(26-23)18-11-5-2-6-12-18/h1-6,9-12,16,19-20,22H,7-8,13-15H2,(H,25,26)/t19-,20+,22?/m1/s1. The molecule has 1 saturated heterocycles. The molecule has 28 heavy (non-hydrogen) atoms. The van der Waals surface area contributed by atoms with Gasteiger partial charge in [-0.15, -0.1) is 0 Å². The van der Waals surface area contributed by atoms with Crippen molar-refractivity contribution in [2.45, 2.75) is 37.6 Å². The Morgan fingerprint density at radius 2 is 1.75 bits per heavy atom. The third-order valence-electron chi connectivity index (χ3n) is 6.12. The fourth-order valence-electron chi connectivity index (χ4n) is 4.50. The molecule has 2 aromatic carbocycles. The first-order chi connectivity index (χ1) is 13.8. The lowest BCUT2D eigenvalue weighted by atomic mass is 10.00. The summed E-state index contributed by atoms with van der Waals surface area (Å²) in [5.41, 5.74) is 3.43. The molecule has 2 fully saturated rings. The van der Waals surface area contributed by atoms with Crippen molar-refractivity contribution in [3.63, 3.8) is 0 Å². The number of nitrogens with one attached hydrogen (secondary N) is 1. The minimum atomic E-state index is 0.0655. The molecule has 1 aromatic heterocycles. The molecule has 0 spiro atoms. The zero-order valence-corrected chi connectivity index (χ0v) is 15.9. The predicted molar refractivity (Wildman–Crippen MR) is 110 cm³/mol.